The minimum Gasteiger partial charge on any atom is -0.480 e. The van der Waals surface area contributed by atoms with Crippen LogP contribution in [0, 0.1) is 0 Å². The van der Waals surface area contributed by atoms with Gasteiger partial charge in [-0.3, -0.25) is 9.59 Å². The van der Waals surface area contributed by atoms with Crippen LogP contribution in [-0.4, -0.2) is 74.1 Å². The highest BCUT2D eigenvalue weighted by Crippen LogP contribution is 2.18. The molecule has 2 rings (SSSR count). The first-order valence-electron chi connectivity index (χ1n) is 7.61. The van der Waals surface area contributed by atoms with E-state index < -0.39 is 42.5 Å². The number of imidazole rings is 1. The fourth-order valence-electron chi connectivity index (χ4n) is 2.68. The van der Waals surface area contributed by atoms with Gasteiger partial charge in [0.2, 0.25) is 11.8 Å². The third-order valence-corrected chi connectivity index (χ3v) is 3.95. The van der Waals surface area contributed by atoms with Crippen molar-refractivity contribution >= 4 is 17.8 Å². The van der Waals surface area contributed by atoms with E-state index in [0.717, 1.165) is 0 Å². The Labute approximate surface area is 138 Å². The van der Waals surface area contributed by atoms with Crippen molar-refractivity contribution < 1.29 is 24.6 Å². The molecule has 2 heterocycles. The van der Waals surface area contributed by atoms with E-state index in [4.69, 9.17) is 10.8 Å². The number of aliphatic hydroxyl groups is 1. The van der Waals surface area contributed by atoms with E-state index in [0.29, 0.717) is 25.1 Å². The molecule has 1 aliphatic rings. The fraction of sp³-hybridized carbons (Fsp3) is 0.571. The van der Waals surface area contributed by atoms with Crippen molar-refractivity contribution in [3.8, 4) is 0 Å². The number of aliphatic hydroxyl groups excluding tert-OH is 1. The monoisotopic (exact) mass is 339 g/mol. The lowest BCUT2D eigenvalue weighted by molar-refractivity contribution is -0.144. The van der Waals surface area contributed by atoms with Gasteiger partial charge >= 0.3 is 5.97 Å². The number of aromatic nitrogens is 2. The number of aromatic amines is 1. The summed E-state index contributed by atoms with van der Waals surface area (Å²) in [5.74, 6) is -2.24. The highest BCUT2D eigenvalue weighted by molar-refractivity contribution is 5.92. The van der Waals surface area contributed by atoms with Crippen LogP contribution in [0.3, 0.4) is 0 Å². The van der Waals surface area contributed by atoms with E-state index in [1.807, 2.05) is 0 Å². The number of aliphatic carboxylic acids is 1. The number of nitrogens with two attached hydrogens (primary N) is 1. The van der Waals surface area contributed by atoms with Crippen molar-refractivity contribution in [1.82, 2.24) is 20.2 Å². The number of carbonyl (C=O) groups excluding carboxylic acids is 2. The van der Waals surface area contributed by atoms with Gasteiger partial charge in [-0.15, -0.1) is 0 Å². The van der Waals surface area contributed by atoms with Crippen LogP contribution >= 0.6 is 0 Å². The van der Waals surface area contributed by atoms with Crippen LogP contribution in [0.5, 0.6) is 0 Å². The second-order valence-corrected chi connectivity index (χ2v) is 5.66. The molecule has 132 valence electrons. The van der Waals surface area contributed by atoms with Crippen molar-refractivity contribution in [2.24, 2.45) is 5.73 Å². The van der Waals surface area contributed by atoms with Crippen LogP contribution in [0.2, 0.25) is 0 Å². The van der Waals surface area contributed by atoms with E-state index in [1.165, 1.54) is 17.4 Å². The molecule has 1 aromatic heterocycles. The van der Waals surface area contributed by atoms with Gasteiger partial charge in [-0.05, 0) is 12.8 Å². The highest BCUT2D eigenvalue weighted by Gasteiger charge is 2.37. The SMILES string of the molecule is N[C@@H](CO)C(=O)N1CCC[C@H]1C(=O)N[C@@H](Cc1cnc[nH]1)C(=O)O. The van der Waals surface area contributed by atoms with Gasteiger partial charge in [0, 0.05) is 24.9 Å². The molecule has 0 saturated carbocycles. The minimum absolute atomic E-state index is 0.0535. The summed E-state index contributed by atoms with van der Waals surface area (Å²) in [4.78, 5) is 43.8. The summed E-state index contributed by atoms with van der Waals surface area (Å²) >= 11 is 0. The van der Waals surface area contributed by atoms with Crippen LogP contribution in [0.25, 0.3) is 0 Å². The molecule has 6 N–H and O–H groups in total. The molecule has 1 fully saturated rings. The molecule has 10 heteroatoms. The van der Waals surface area contributed by atoms with Crippen molar-refractivity contribution in [1.29, 1.82) is 0 Å². The average molecular weight is 339 g/mol. The molecular formula is C14H21N5O5. The zero-order valence-electron chi connectivity index (χ0n) is 13.0. The Morgan fingerprint density at radius 1 is 1.50 bits per heavy atom. The molecule has 2 amide bonds. The van der Waals surface area contributed by atoms with Crippen LogP contribution in [0.4, 0.5) is 0 Å². The van der Waals surface area contributed by atoms with Crippen molar-refractivity contribution in [2.75, 3.05) is 13.2 Å². The maximum absolute atomic E-state index is 12.4. The smallest absolute Gasteiger partial charge is 0.326 e. The Bertz CT molecular complexity index is 590. The van der Waals surface area contributed by atoms with Gasteiger partial charge < -0.3 is 31.1 Å². The third kappa shape index (κ3) is 4.09. The topological polar surface area (TPSA) is 162 Å². The zero-order valence-corrected chi connectivity index (χ0v) is 13.0. The molecule has 3 atom stereocenters. The van der Waals surface area contributed by atoms with Crippen LogP contribution < -0.4 is 11.1 Å². The molecular weight excluding hydrogens is 318 g/mol. The molecule has 0 unspecified atom stereocenters. The quantitative estimate of drug-likeness (QED) is 0.377. The van der Waals surface area contributed by atoms with Gasteiger partial charge in [0.05, 0.1) is 12.9 Å². The second kappa shape index (κ2) is 7.88. The van der Waals surface area contributed by atoms with E-state index >= 15 is 0 Å². The lowest BCUT2D eigenvalue weighted by atomic mass is 10.1. The van der Waals surface area contributed by atoms with E-state index in [9.17, 15) is 19.5 Å². The van der Waals surface area contributed by atoms with Crippen LogP contribution in [0.15, 0.2) is 12.5 Å². The van der Waals surface area contributed by atoms with Gasteiger partial charge in [0.15, 0.2) is 0 Å². The summed E-state index contributed by atoms with van der Waals surface area (Å²) in [6.07, 6.45) is 3.99. The van der Waals surface area contributed by atoms with Crippen LogP contribution in [-0.2, 0) is 20.8 Å². The van der Waals surface area contributed by atoms with Crippen molar-refractivity contribution in [3.05, 3.63) is 18.2 Å². The maximum atomic E-state index is 12.4. The van der Waals surface area contributed by atoms with Gasteiger partial charge in [-0.25, -0.2) is 9.78 Å². The predicted octanol–water partition coefficient (Wildman–Crippen LogP) is -2.17. The van der Waals surface area contributed by atoms with Gasteiger partial charge in [-0.2, -0.15) is 0 Å². The number of likely N-dealkylation sites (tertiary alicyclic amines) is 1. The van der Waals surface area contributed by atoms with Gasteiger partial charge in [0.25, 0.3) is 0 Å². The van der Waals surface area contributed by atoms with Crippen molar-refractivity contribution in [2.45, 2.75) is 37.4 Å². The zero-order chi connectivity index (χ0) is 17.7. The number of carbonyl (C=O) groups is 3. The molecule has 1 aliphatic heterocycles. The van der Waals surface area contributed by atoms with Gasteiger partial charge in [-0.1, -0.05) is 0 Å². The number of carboxylic acids is 1. The first kappa shape index (κ1) is 17.9. The van der Waals surface area contributed by atoms with Gasteiger partial charge in [0.1, 0.15) is 18.1 Å². The van der Waals surface area contributed by atoms with E-state index in [-0.39, 0.29) is 6.42 Å². The first-order chi connectivity index (χ1) is 11.4. The number of hydrogen-bond acceptors (Lipinski definition) is 6. The molecule has 24 heavy (non-hydrogen) atoms. The number of nitrogens with one attached hydrogen (secondary N) is 2. The number of amides is 2. The van der Waals surface area contributed by atoms with Crippen molar-refractivity contribution in [3.63, 3.8) is 0 Å². The predicted molar refractivity (Wildman–Crippen MR) is 81.7 cm³/mol. The molecule has 10 nitrogen and oxygen atoms in total. The molecule has 0 aromatic carbocycles. The summed E-state index contributed by atoms with van der Waals surface area (Å²) in [6.45, 7) is -0.163. The molecule has 0 aliphatic carbocycles. The first-order valence-corrected chi connectivity index (χ1v) is 7.61. The lowest BCUT2D eigenvalue weighted by Gasteiger charge is -2.27. The number of carboxylic acid groups (broad SMARTS) is 1. The number of hydrogen-bond donors (Lipinski definition) is 5. The molecule has 1 saturated heterocycles. The molecule has 0 radical (unpaired) electrons. The summed E-state index contributed by atoms with van der Waals surface area (Å²) in [6, 6.07) is -3.00. The summed E-state index contributed by atoms with van der Waals surface area (Å²) in [5.41, 5.74) is 6.09. The molecule has 0 bridgehead atoms. The molecule has 0 spiro atoms. The Morgan fingerprint density at radius 2 is 2.25 bits per heavy atom. The van der Waals surface area contributed by atoms with E-state index in [2.05, 4.69) is 15.3 Å². The molecule has 1 aromatic rings. The maximum Gasteiger partial charge on any atom is 0.326 e. The largest absolute Gasteiger partial charge is 0.480 e. The summed E-state index contributed by atoms with van der Waals surface area (Å²) in [5, 5.41) is 20.7. The lowest BCUT2D eigenvalue weighted by Crippen LogP contribution is -2.54. The average Bonchev–Trinajstić information content (AvgIpc) is 3.23. The third-order valence-electron chi connectivity index (χ3n) is 3.95. The number of H-pyrrole nitrogens is 1. The Morgan fingerprint density at radius 3 is 2.83 bits per heavy atom. The highest BCUT2D eigenvalue weighted by atomic mass is 16.4. The Balaban J connectivity index is 2.03. The summed E-state index contributed by atoms with van der Waals surface area (Å²) < 4.78 is 0. The van der Waals surface area contributed by atoms with E-state index in [1.54, 1.807) is 0 Å². The normalized spacial score (nSPS) is 19.8. The number of rotatable bonds is 7. The van der Waals surface area contributed by atoms with Crippen LogP contribution in [0.1, 0.15) is 18.5 Å². The fourth-order valence-corrected chi connectivity index (χ4v) is 2.68. The minimum atomic E-state index is -1.18. The Hall–Kier alpha value is -2.46. The second-order valence-electron chi connectivity index (χ2n) is 5.66. The standard InChI is InChI=1S/C14H21N5O5/c15-9(6-20)13(22)19-3-1-2-11(19)12(21)18-10(14(23)24)4-8-5-16-7-17-8/h5,7,9-11,20H,1-4,6,15H2,(H,16,17)(H,18,21)(H,23,24)/t9-,10-,11-/m0/s1. The number of nitrogens with zero attached hydrogens (tertiary/aromatic N) is 2. The Kier molecular flexibility index (Phi) is 5.88. The summed E-state index contributed by atoms with van der Waals surface area (Å²) in [7, 11) is 0.